The normalized spacial score (nSPS) is 13.7. The van der Waals surface area contributed by atoms with Gasteiger partial charge in [0.1, 0.15) is 4.75 Å². The first-order chi connectivity index (χ1) is 6.86. The third-order valence-electron chi connectivity index (χ3n) is 1.92. The number of phenols is 1. The summed E-state index contributed by atoms with van der Waals surface area (Å²) in [6.45, 7) is 5.72. The maximum absolute atomic E-state index is 12.0. The fourth-order valence-electron chi connectivity index (χ4n) is 1.13. The first-order valence-electron chi connectivity index (χ1n) is 4.65. The summed E-state index contributed by atoms with van der Waals surface area (Å²) in [5, 5.41) is 9.40. The summed E-state index contributed by atoms with van der Waals surface area (Å²) in [6, 6.07) is 4.76. The van der Waals surface area contributed by atoms with Crippen molar-refractivity contribution in [3.8, 4) is 11.5 Å². The molecule has 0 saturated carbocycles. The molecule has 84 valence electrons. The van der Waals surface area contributed by atoms with Crippen LogP contribution < -0.4 is 4.74 Å². The van der Waals surface area contributed by atoms with E-state index in [2.05, 4.69) is 0 Å². The second kappa shape index (κ2) is 4.33. The molecule has 15 heavy (non-hydrogen) atoms. The van der Waals surface area contributed by atoms with Crippen LogP contribution in [-0.4, -0.2) is 21.5 Å². The average molecular weight is 228 g/mol. The second-order valence-electron chi connectivity index (χ2n) is 4.21. The van der Waals surface area contributed by atoms with E-state index in [1.54, 1.807) is 12.1 Å². The third kappa shape index (κ3) is 2.79. The predicted molar refractivity (Wildman–Crippen MR) is 60.8 cm³/mol. The Labute approximate surface area is 93.3 Å². The Balaban J connectivity index is 3.06. The predicted octanol–water partition coefficient (Wildman–Crippen LogP) is 2.31. The summed E-state index contributed by atoms with van der Waals surface area (Å²) in [5.74, 6) is 0.414. The molecule has 0 aliphatic heterocycles. The molecule has 0 heterocycles. The zero-order valence-corrected chi connectivity index (χ0v) is 10.2. The quantitative estimate of drug-likeness (QED) is 0.790. The number of hydrogen-bond donors (Lipinski definition) is 1. The van der Waals surface area contributed by atoms with E-state index < -0.39 is 11.2 Å². The number of methoxy groups -OCH3 is 1. The fourth-order valence-corrected chi connectivity index (χ4v) is 2.24. The number of phenolic OH excluding ortho intramolecular Hbond substituents is 1. The molecule has 1 aromatic carbocycles. The van der Waals surface area contributed by atoms with Crippen molar-refractivity contribution in [2.24, 2.45) is 0 Å². The lowest BCUT2D eigenvalue weighted by molar-refractivity contribution is 0.372. The maximum atomic E-state index is 12.0. The van der Waals surface area contributed by atoms with Gasteiger partial charge in [0.05, 0.1) is 7.11 Å². The van der Waals surface area contributed by atoms with Crippen LogP contribution in [-0.2, 0) is 11.2 Å². The van der Waals surface area contributed by atoms with Gasteiger partial charge in [-0.15, -0.1) is 0 Å². The van der Waals surface area contributed by atoms with E-state index in [0.29, 0.717) is 10.6 Å². The van der Waals surface area contributed by atoms with Crippen LogP contribution in [0.25, 0.3) is 0 Å². The van der Waals surface area contributed by atoms with Crippen LogP contribution in [0.3, 0.4) is 0 Å². The molecule has 3 nitrogen and oxygen atoms in total. The summed E-state index contributed by atoms with van der Waals surface area (Å²) >= 11 is -1.11. The van der Waals surface area contributed by atoms with Crippen LogP contribution in [0, 0.1) is 0 Å². The van der Waals surface area contributed by atoms with Gasteiger partial charge in [-0.1, -0.05) is 0 Å². The highest BCUT2D eigenvalue weighted by molar-refractivity contribution is 7.92. The minimum atomic E-state index is -1.11. The fraction of sp³-hybridized carbons (Fsp3) is 0.455. The zero-order chi connectivity index (χ0) is 11.6. The van der Waals surface area contributed by atoms with Crippen molar-refractivity contribution in [2.75, 3.05) is 7.11 Å². The number of hydrogen-bond acceptors (Lipinski definition) is 3. The smallest absolute Gasteiger partial charge is 0.165 e. The molecular weight excluding hydrogens is 212 g/mol. The van der Waals surface area contributed by atoms with Crippen molar-refractivity contribution in [3.05, 3.63) is 18.2 Å². The molecule has 1 aromatic rings. The molecule has 0 bridgehead atoms. The Bertz CT molecular complexity index is 344. The Hall–Kier alpha value is -0.870. The molecular formula is C11H16O3S. The van der Waals surface area contributed by atoms with Gasteiger partial charge in [0.15, 0.2) is 16.4 Å². The molecule has 0 fully saturated rings. The maximum Gasteiger partial charge on any atom is 0.165 e. The standard InChI is InChI=1S/C11H16O3S/c1-11(2,3)15(13)8-5-6-9(12)10(7-8)14-4/h5-7,12H,1-4H3. The summed E-state index contributed by atoms with van der Waals surface area (Å²) in [6.07, 6.45) is 0. The van der Waals surface area contributed by atoms with E-state index in [0.717, 1.165) is 0 Å². The summed E-state index contributed by atoms with van der Waals surface area (Å²) in [4.78, 5) is 0.664. The van der Waals surface area contributed by atoms with Gasteiger partial charge in [-0.25, -0.2) is 0 Å². The van der Waals surface area contributed by atoms with Gasteiger partial charge in [-0.05, 0) is 44.1 Å². The highest BCUT2D eigenvalue weighted by Crippen LogP contribution is 2.32. The van der Waals surface area contributed by atoms with E-state index >= 15 is 0 Å². The number of ether oxygens (including phenoxy) is 1. The van der Waals surface area contributed by atoms with E-state index in [9.17, 15) is 9.66 Å². The molecule has 1 unspecified atom stereocenters. The van der Waals surface area contributed by atoms with Crippen molar-refractivity contribution in [2.45, 2.75) is 30.4 Å². The lowest BCUT2D eigenvalue weighted by Crippen LogP contribution is -2.27. The van der Waals surface area contributed by atoms with Crippen LogP contribution in [0.15, 0.2) is 23.1 Å². The highest BCUT2D eigenvalue weighted by Gasteiger charge is 2.28. The summed E-state index contributed by atoms with van der Waals surface area (Å²) in [5.41, 5.74) is 0. The molecule has 0 saturated heterocycles. The molecule has 0 aliphatic carbocycles. The summed E-state index contributed by atoms with van der Waals surface area (Å²) < 4.78 is 16.7. The first-order valence-corrected chi connectivity index (χ1v) is 5.80. The van der Waals surface area contributed by atoms with E-state index in [1.165, 1.54) is 13.2 Å². The molecule has 0 aromatic heterocycles. The Morgan fingerprint density at radius 1 is 1.33 bits per heavy atom. The van der Waals surface area contributed by atoms with Crippen molar-refractivity contribution in [3.63, 3.8) is 0 Å². The number of rotatable bonds is 2. The topological polar surface area (TPSA) is 52.5 Å². The Morgan fingerprint density at radius 2 is 1.93 bits per heavy atom. The summed E-state index contributed by atoms with van der Waals surface area (Å²) in [7, 11) is 1.47. The van der Waals surface area contributed by atoms with Crippen molar-refractivity contribution < 1.29 is 14.4 Å². The van der Waals surface area contributed by atoms with Gasteiger partial charge in [-0.2, -0.15) is 0 Å². The van der Waals surface area contributed by atoms with Gasteiger partial charge < -0.3 is 14.4 Å². The van der Waals surface area contributed by atoms with Crippen molar-refractivity contribution in [1.82, 2.24) is 0 Å². The lowest BCUT2D eigenvalue weighted by Gasteiger charge is -2.24. The van der Waals surface area contributed by atoms with Gasteiger partial charge in [0, 0.05) is 6.07 Å². The molecule has 4 heteroatoms. The van der Waals surface area contributed by atoms with Crippen LogP contribution in [0.5, 0.6) is 11.5 Å². The molecule has 0 aliphatic rings. The zero-order valence-electron chi connectivity index (χ0n) is 9.40. The van der Waals surface area contributed by atoms with E-state index in [-0.39, 0.29) is 10.5 Å². The second-order valence-corrected chi connectivity index (χ2v) is 6.45. The Kier molecular flexibility index (Phi) is 3.52. The number of benzene rings is 1. The van der Waals surface area contributed by atoms with Crippen LogP contribution >= 0.6 is 0 Å². The largest absolute Gasteiger partial charge is 0.611 e. The molecule has 1 rings (SSSR count). The van der Waals surface area contributed by atoms with Crippen LogP contribution in [0.2, 0.25) is 0 Å². The number of aromatic hydroxyl groups is 1. The van der Waals surface area contributed by atoms with Gasteiger partial charge in [-0.3, -0.25) is 0 Å². The first kappa shape index (κ1) is 12.2. The van der Waals surface area contributed by atoms with E-state index in [4.69, 9.17) is 4.74 Å². The third-order valence-corrected chi connectivity index (χ3v) is 3.72. The minimum Gasteiger partial charge on any atom is -0.611 e. The monoisotopic (exact) mass is 228 g/mol. The lowest BCUT2D eigenvalue weighted by atomic mass is 10.3. The molecule has 1 N–H and O–H groups in total. The average Bonchev–Trinajstić information content (AvgIpc) is 2.16. The van der Waals surface area contributed by atoms with Crippen molar-refractivity contribution >= 4 is 11.2 Å². The van der Waals surface area contributed by atoms with Gasteiger partial charge in [0.2, 0.25) is 0 Å². The highest BCUT2D eigenvalue weighted by atomic mass is 32.2. The molecule has 0 spiro atoms. The molecule has 0 amide bonds. The van der Waals surface area contributed by atoms with Crippen LogP contribution in [0.4, 0.5) is 0 Å². The van der Waals surface area contributed by atoms with Gasteiger partial charge >= 0.3 is 0 Å². The minimum absolute atomic E-state index is 0.0622. The van der Waals surface area contributed by atoms with E-state index in [1.807, 2.05) is 20.8 Å². The molecule has 0 radical (unpaired) electrons. The van der Waals surface area contributed by atoms with Crippen LogP contribution in [0.1, 0.15) is 20.8 Å². The van der Waals surface area contributed by atoms with Crippen molar-refractivity contribution in [1.29, 1.82) is 0 Å². The Morgan fingerprint density at radius 3 is 2.40 bits per heavy atom. The van der Waals surface area contributed by atoms with Gasteiger partial charge in [0.25, 0.3) is 0 Å². The molecule has 1 atom stereocenters. The SMILES string of the molecule is COc1cc([S+]([O-])C(C)(C)C)ccc1O.